The third kappa shape index (κ3) is 4.49. The minimum Gasteiger partial charge on any atom is -0.369 e. The fraction of sp³-hybridized carbons (Fsp3) is 0.238. The van der Waals surface area contributed by atoms with Crippen LogP contribution < -0.4 is 11.2 Å². The first-order valence-electron chi connectivity index (χ1n) is 9.51. The molecular formula is C21H24ClN5O2S. The number of hydrazone groups is 1. The van der Waals surface area contributed by atoms with E-state index in [1.165, 1.54) is 10.2 Å². The summed E-state index contributed by atoms with van der Waals surface area (Å²) in [6, 6.07) is 14.3. The van der Waals surface area contributed by atoms with Crippen molar-refractivity contribution in [2.24, 2.45) is 10.8 Å². The molecule has 0 atom stereocenters. The second-order valence-electron chi connectivity index (χ2n) is 6.96. The van der Waals surface area contributed by atoms with Gasteiger partial charge in [0.2, 0.25) is 16.0 Å². The SMILES string of the molecule is CCCC/C(=N\NC(=N)N)c1c(-c2ccc(Cl)cc2)n(S(C)(=O)=O)c2ccccc12. The topological polar surface area (TPSA) is 113 Å². The molecule has 0 bridgehead atoms. The molecule has 2 aromatic carbocycles. The molecule has 0 saturated heterocycles. The number of hydrogen-bond acceptors (Lipinski definition) is 4. The van der Waals surface area contributed by atoms with Crippen LogP contribution in [-0.2, 0) is 10.0 Å². The van der Waals surface area contributed by atoms with Crippen molar-refractivity contribution < 1.29 is 8.42 Å². The highest BCUT2D eigenvalue weighted by Gasteiger charge is 2.26. The van der Waals surface area contributed by atoms with E-state index in [1.807, 2.05) is 12.1 Å². The molecule has 1 heterocycles. The molecule has 9 heteroatoms. The van der Waals surface area contributed by atoms with E-state index in [4.69, 9.17) is 22.7 Å². The van der Waals surface area contributed by atoms with Crippen molar-refractivity contribution in [1.82, 2.24) is 9.40 Å². The number of rotatable bonds is 7. The Morgan fingerprint density at radius 1 is 1.20 bits per heavy atom. The van der Waals surface area contributed by atoms with E-state index in [0.717, 1.165) is 18.2 Å². The summed E-state index contributed by atoms with van der Waals surface area (Å²) in [5, 5.41) is 13.2. The highest BCUT2D eigenvalue weighted by Crippen LogP contribution is 2.36. The maximum absolute atomic E-state index is 12.9. The number of fused-ring (bicyclic) bond motifs is 1. The molecule has 0 unspecified atom stereocenters. The minimum absolute atomic E-state index is 0.288. The standard InChI is InChI=1S/C21H24ClN5O2S/c1-3-4-8-17(25-26-21(23)24)19-16-7-5-6-9-18(16)27(30(2,28)29)20(19)14-10-12-15(22)13-11-14/h5-7,9-13H,3-4,8H2,1-2H3,(H4,23,24,26)/b25-17+. The molecule has 0 fully saturated rings. The molecule has 3 rings (SSSR count). The molecule has 1 aromatic heterocycles. The molecule has 7 nitrogen and oxygen atoms in total. The summed E-state index contributed by atoms with van der Waals surface area (Å²) in [6.07, 6.45) is 3.55. The van der Waals surface area contributed by atoms with Gasteiger partial charge in [-0.05, 0) is 31.0 Å². The second-order valence-corrected chi connectivity index (χ2v) is 9.23. The van der Waals surface area contributed by atoms with Gasteiger partial charge < -0.3 is 5.73 Å². The van der Waals surface area contributed by atoms with Gasteiger partial charge >= 0.3 is 0 Å². The summed E-state index contributed by atoms with van der Waals surface area (Å²) in [5.74, 6) is -0.288. The van der Waals surface area contributed by atoms with Crippen molar-refractivity contribution >= 4 is 44.2 Å². The molecular weight excluding hydrogens is 422 g/mol. The van der Waals surface area contributed by atoms with Gasteiger partial charge in [-0.15, -0.1) is 0 Å². The van der Waals surface area contributed by atoms with Crippen LogP contribution in [0.4, 0.5) is 0 Å². The smallest absolute Gasteiger partial charge is 0.236 e. The van der Waals surface area contributed by atoms with Crippen molar-refractivity contribution in [3.8, 4) is 11.3 Å². The lowest BCUT2D eigenvalue weighted by Crippen LogP contribution is -2.27. The summed E-state index contributed by atoms with van der Waals surface area (Å²) in [7, 11) is -3.64. The summed E-state index contributed by atoms with van der Waals surface area (Å²) in [6.45, 7) is 2.07. The Morgan fingerprint density at radius 3 is 2.47 bits per heavy atom. The fourth-order valence-corrected chi connectivity index (χ4v) is 4.60. The fourth-order valence-electron chi connectivity index (χ4n) is 3.43. The van der Waals surface area contributed by atoms with Gasteiger partial charge in [-0.3, -0.25) is 5.41 Å². The van der Waals surface area contributed by atoms with Crippen LogP contribution in [0, 0.1) is 5.41 Å². The molecule has 0 aliphatic heterocycles. The van der Waals surface area contributed by atoms with Crippen LogP contribution in [-0.4, -0.2) is 30.3 Å². The lowest BCUT2D eigenvalue weighted by Gasteiger charge is -2.13. The number of nitrogens with zero attached hydrogens (tertiary/aromatic N) is 2. The van der Waals surface area contributed by atoms with Crippen LogP contribution in [0.2, 0.25) is 5.02 Å². The second kappa shape index (κ2) is 8.89. The number of halogens is 1. The lowest BCUT2D eigenvalue weighted by molar-refractivity contribution is 0.595. The molecule has 0 aliphatic rings. The number of aromatic nitrogens is 1. The summed E-state index contributed by atoms with van der Waals surface area (Å²) >= 11 is 6.07. The number of unbranched alkanes of at least 4 members (excludes halogenated alkanes) is 1. The molecule has 30 heavy (non-hydrogen) atoms. The Hall–Kier alpha value is -2.84. The number of benzene rings is 2. The first kappa shape index (κ1) is 21.9. The predicted octanol–water partition coefficient (Wildman–Crippen LogP) is 4.15. The van der Waals surface area contributed by atoms with Crippen molar-refractivity contribution in [2.75, 3.05) is 6.26 Å². The molecule has 0 aliphatic carbocycles. The van der Waals surface area contributed by atoms with E-state index >= 15 is 0 Å². The number of nitrogens with two attached hydrogens (primary N) is 1. The number of para-hydroxylation sites is 1. The van der Waals surface area contributed by atoms with E-state index < -0.39 is 10.0 Å². The average Bonchev–Trinajstić information content (AvgIpc) is 3.04. The van der Waals surface area contributed by atoms with E-state index in [0.29, 0.717) is 39.5 Å². The quantitative estimate of drug-likeness (QED) is 0.288. The largest absolute Gasteiger partial charge is 0.369 e. The van der Waals surface area contributed by atoms with Gasteiger partial charge in [0.25, 0.3) is 0 Å². The Labute approximate surface area is 181 Å². The van der Waals surface area contributed by atoms with Gasteiger partial charge in [0, 0.05) is 21.5 Å². The van der Waals surface area contributed by atoms with E-state index in [2.05, 4.69) is 17.5 Å². The van der Waals surface area contributed by atoms with Crippen molar-refractivity contribution in [3.63, 3.8) is 0 Å². The third-order valence-corrected chi connectivity index (χ3v) is 5.94. The Bertz CT molecular complexity index is 1210. The van der Waals surface area contributed by atoms with Crippen LogP contribution in [0.5, 0.6) is 0 Å². The van der Waals surface area contributed by atoms with Crippen molar-refractivity contribution in [1.29, 1.82) is 5.41 Å². The van der Waals surface area contributed by atoms with Gasteiger partial charge in [0.1, 0.15) is 0 Å². The normalized spacial score (nSPS) is 12.3. The molecule has 3 aromatic rings. The van der Waals surface area contributed by atoms with Crippen LogP contribution in [0.25, 0.3) is 22.2 Å². The predicted molar refractivity (Wildman–Crippen MR) is 124 cm³/mol. The number of nitrogens with one attached hydrogen (secondary N) is 2. The monoisotopic (exact) mass is 445 g/mol. The molecule has 0 spiro atoms. The van der Waals surface area contributed by atoms with Gasteiger partial charge in [-0.1, -0.05) is 55.3 Å². The minimum atomic E-state index is -3.64. The first-order valence-corrected chi connectivity index (χ1v) is 11.7. The van der Waals surface area contributed by atoms with Gasteiger partial charge in [-0.25, -0.2) is 17.8 Å². The van der Waals surface area contributed by atoms with E-state index in [-0.39, 0.29) is 5.96 Å². The van der Waals surface area contributed by atoms with Crippen molar-refractivity contribution in [2.45, 2.75) is 26.2 Å². The number of hydrogen-bond donors (Lipinski definition) is 3. The Balaban J connectivity index is 2.44. The van der Waals surface area contributed by atoms with E-state index in [9.17, 15) is 8.42 Å². The number of guanidine groups is 1. The zero-order valence-electron chi connectivity index (χ0n) is 16.8. The summed E-state index contributed by atoms with van der Waals surface area (Å²) in [4.78, 5) is 0. The Kier molecular flexibility index (Phi) is 6.48. The molecule has 0 radical (unpaired) electrons. The highest BCUT2D eigenvalue weighted by molar-refractivity contribution is 7.89. The zero-order chi connectivity index (χ0) is 21.9. The van der Waals surface area contributed by atoms with Crippen molar-refractivity contribution in [3.05, 3.63) is 59.1 Å². The van der Waals surface area contributed by atoms with Crippen LogP contribution >= 0.6 is 11.6 Å². The van der Waals surface area contributed by atoms with Gasteiger partial charge in [0.05, 0.1) is 23.2 Å². The Morgan fingerprint density at radius 2 is 1.87 bits per heavy atom. The van der Waals surface area contributed by atoms with Crippen LogP contribution in [0.1, 0.15) is 31.7 Å². The lowest BCUT2D eigenvalue weighted by atomic mass is 9.98. The maximum atomic E-state index is 12.9. The summed E-state index contributed by atoms with van der Waals surface area (Å²) in [5.41, 5.74) is 11.1. The summed E-state index contributed by atoms with van der Waals surface area (Å²) < 4.78 is 27.0. The van der Waals surface area contributed by atoms with Crippen LogP contribution in [0.15, 0.2) is 53.6 Å². The van der Waals surface area contributed by atoms with Gasteiger partial charge in [-0.2, -0.15) is 5.10 Å². The third-order valence-electron chi connectivity index (χ3n) is 4.65. The average molecular weight is 446 g/mol. The zero-order valence-corrected chi connectivity index (χ0v) is 18.4. The highest BCUT2D eigenvalue weighted by atomic mass is 35.5. The molecule has 4 N–H and O–H groups in total. The maximum Gasteiger partial charge on any atom is 0.236 e. The first-order chi connectivity index (χ1) is 14.2. The van der Waals surface area contributed by atoms with Gasteiger partial charge in [0.15, 0.2) is 0 Å². The molecule has 0 amide bonds. The molecule has 158 valence electrons. The van der Waals surface area contributed by atoms with Crippen LogP contribution in [0.3, 0.4) is 0 Å². The van der Waals surface area contributed by atoms with E-state index in [1.54, 1.807) is 36.4 Å². The molecule has 0 saturated carbocycles.